The number of thiazole rings is 1. The number of rotatable bonds is 3. The van der Waals surface area contributed by atoms with Gasteiger partial charge in [0.25, 0.3) is 0 Å². The Morgan fingerprint density at radius 1 is 1.26 bits per heavy atom. The van der Waals surface area contributed by atoms with Gasteiger partial charge in [0, 0.05) is 29.1 Å². The zero-order valence-corrected chi connectivity index (χ0v) is 11.8. The highest BCUT2D eigenvalue weighted by molar-refractivity contribution is 7.13. The van der Waals surface area contributed by atoms with E-state index in [1.807, 2.05) is 11.6 Å². The second kappa shape index (κ2) is 4.97. The molecule has 2 heterocycles. The monoisotopic (exact) mass is 269 g/mol. The first-order valence-electron chi connectivity index (χ1n) is 6.33. The van der Waals surface area contributed by atoms with E-state index in [1.165, 1.54) is 5.56 Å². The molecule has 0 saturated carbocycles. The number of aromatic nitrogens is 2. The molecule has 0 spiro atoms. The van der Waals surface area contributed by atoms with Gasteiger partial charge in [0.2, 0.25) is 0 Å². The molecule has 0 aliphatic rings. The van der Waals surface area contributed by atoms with Crippen LogP contribution in [0.2, 0.25) is 0 Å². The van der Waals surface area contributed by atoms with Gasteiger partial charge in [0.05, 0.1) is 5.52 Å². The van der Waals surface area contributed by atoms with Gasteiger partial charge in [-0.3, -0.25) is 0 Å². The second-order valence-electron chi connectivity index (χ2n) is 4.43. The van der Waals surface area contributed by atoms with Crippen molar-refractivity contribution in [2.45, 2.75) is 13.8 Å². The normalized spacial score (nSPS) is 10.8. The maximum Gasteiger partial charge on any atom is 0.129 e. The van der Waals surface area contributed by atoms with E-state index in [-0.39, 0.29) is 0 Å². The molecule has 0 saturated heterocycles. The molecule has 0 atom stereocenters. The fourth-order valence-electron chi connectivity index (χ4n) is 2.13. The van der Waals surface area contributed by atoms with Gasteiger partial charge in [-0.15, -0.1) is 11.3 Å². The molecular weight excluding hydrogens is 254 g/mol. The average molecular weight is 269 g/mol. The highest BCUT2D eigenvalue weighted by Crippen LogP contribution is 2.27. The molecule has 0 aliphatic heterocycles. The topological polar surface area (TPSA) is 37.8 Å². The molecular formula is C15H15N3S. The fraction of sp³-hybridized carbons (Fsp3) is 0.200. The smallest absolute Gasteiger partial charge is 0.129 e. The standard InChI is InChI=1S/C15H15N3S/c1-3-16-14-10(2)8-12-9-11(4-5-13(12)18-14)15-17-6-7-19-15/h4-9H,3H2,1-2H3,(H,16,18). The van der Waals surface area contributed by atoms with Crippen molar-refractivity contribution in [2.75, 3.05) is 11.9 Å². The Labute approximate surface area is 116 Å². The van der Waals surface area contributed by atoms with Gasteiger partial charge in [-0.05, 0) is 43.7 Å². The Hall–Kier alpha value is -1.94. The molecule has 0 fully saturated rings. The Morgan fingerprint density at radius 3 is 2.89 bits per heavy atom. The predicted molar refractivity (Wildman–Crippen MR) is 81.8 cm³/mol. The molecule has 96 valence electrons. The minimum absolute atomic E-state index is 0.885. The minimum Gasteiger partial charge on any atom is -0.370 e. The van der Waals surface area contributed by atoms with Crippen LogP contribution in [-0.4, -0.2) is 16.5 Å². The van der Waals surface area contributed by atoms with E-state index in [2.05, 4.69) is 53.4 Å². The number of pyridine rings is 1. The Balaban J connectivity index is 2.11. The molecule has 2 aromatic heterocycles. The van der Waals surface area contributed by atoms with Crippen LogP contribution in [0.15, 0.2) is 35.8 Å². The van der Waals surface area contributed by atoms with Crippen molar-refractivity contribution in [2.24, 2.45) is 0 Å². The summed E-state index contributed by atoms with van der Waals surface area (Å²) in [6, 6.07) is 8.48. The fourth-order valence-corrected chi connectivity index (χ4v) is 2.76. The van der Waals surface area contributed by atoms with Crippen molar-refractivity contribution in [3.8, 4) is 10.6 Å². The first-order valence-corrected chi connectivity index (χ1v) is 7.21. The van der Waals surface area contributed by atoms with Crippen LogP contribution in [0, 0.1) is 6.92 Å². The number of fused-ring (bicyclic) bond motifs is 1. The summed E-state index contributed by atoms with van der Waals surface area (Å²) in [4.78, 5) is 9.01. The summed E-state index contributed by atoms with van der Waals surface area (Å²) in [6.45, 7) is 5.05. The van der Waals surface area contributed by atoms with E-state index in [0.717, 1.165) is 33.8 Å². The van der Waals surface area contributed by atoms with E-state index in [9.17, 15) is 0 Å². The van der Waals surface area contributed by atoms with Crippen LogP contribution in [0.1, 0.15) is 12.5 Å². The first kappa shape index (κ1) is 12.1. The van der Waals surface area contributed by atoms with Crippen LogP contribution in [-0.2, 0) is 0 Å². The summed E-state index contributed by atoms with van der Waals surface area (Å²) in [6.07, 6.45) is 1.84. The lowest BCUT2D eigenvalue weighted by molar-refractivity contribution is 1.16. The van der Waals surface area contributed by atoms with Gasteiger partial charge in [0.15, 0.2) is 0 Å². The number of hydrogen-bond acceptors (Lipinski definition) is 4. The van der Waals surface area contributed by atoms with Gasteiger partial charge in [-0.1, -0.05) is 0 Å². The van der Waals surface area contributed by atoms with Crippen LogP contribution in [0.3, 0.4) is 0 Å². The molecule has 19 heavy (non-hydrogen) atoms. The van der Waals surface area contributed by atoms with Crippen LogP contribution in [0.5, 0.6) is 0 Å². The highest BCUT2D eigenvalue weighted by Gasteiger charge is 2.05. The van der Waals surface area contributed by atoms with Crippen molar-refractivity contribution in [1.29, 1.82) is 0 Å². The third-order valence-electron chi connectivity index (χ3n) is 3.03. The SMILES string of the molecule is CCNc1nc2ccc(-c3nccs3)cc2cc1C. The summed E-state index contributed by atoms with van der Waals surface area (Å²) in [7, 11) is 0. The number of aryl methyl sites for hydroxylation is 1. The second-order valence-corrected chi connectivity index (χ2v) is 5.32. The van der Waals surface area contributed by atoms with Gasteiger partial charge in [-0.2, -0.15) is 0 Å². The molecule has 3 rings (SSSR count). The third-order valence-corrected chi connectivity index (χ3v) is 3.85. The number of hydrogen-bond donors (Lipinski definition) is 1. The van der Waals surface area contributed by atoms with Gasteiger partial charge in [-0.25, -0.2) is 9.97 Å². The number of anilines is 1. The first-order chi connectivity index (χ1) is 9.28. The van der Waals surface area contributed by atoms with Crippen molar-refractivity contribution < 1.29 is 0 Å². The molecule has 3 aromatic rings. The van der Waals surface area contributed by atoms with Crippen molar-refractivity contribution in [1.82, 2.24) is 9.97 Å². The molecule has 0 unspecified atom stereocenters. The molecule has 3 nitrogen and oxygen atoms in total. The van der Waals surface area contributed by atoms with Crippen molar-refractivity contribution in [3.05, 3.63) is 41.4 Å². The van der Waals surface area contributed by atoms with Crippen LogP contribution < -0.4 is 5.32 Å². The molecule has 4 heteroatoms. The maximum absolute atomic E-state index is 4.66. The summed E-state index contributed by atoms with van der Waals surface area (Å²) in [5.41, 5.74) is 3.34. The van der Waals surface area contributed by atoms with Crippen molar-refractivity contribution in [3.63, 3.8) is 0 Å². The quantitative estimate of drug-likeness (QED) is 0.778. The highest BCUT2D eigenvalue weighted by atomic mass is 32.1. The van der Waals surface area contributed by atoms with Crippen LogP contribution in [0.25, 0.3) is 21.5 Å². The van der Waals surface area contributed by atoms with Gasteiger partial charge in [0.1, 0.15) is 10.8 Å². The van der Waals surface area contributed by atoms with Gasteiger partial charge < -0.3 is 5.32 Å². The van der Waals surface area contributed by atoms with E-state index in [1.54, 1.807) is 11.3 Å². The molecule has 0 amide bonds. The molecule has 0 bridgehead atoms. The summed E-state index contributed by atoms with van der Waals surface area (Å²) < 4.78 is 0. The van der Waals surface area contributed by atoms with E-state index < -0.39 is 0 Å². The predicted octanol–water partition coefficient (Wildman–Crippen LogP) is 4.10. The zero-order valence-electron chi connectivity index (χ0n) is 11.0. The number of nitrogens with zero attached hydrogens (tertiary/aromatic N) is 2. The molecule has 0 aliphatic carbocycles. The molecule has 0 radical (unpaired) electrons. The molecule has 1 aromatic carbocycles. The van der Waals surface area contributed by atoms with Crippen LogP contribution in [0.4, 0.5) is 5.82 Å². The van der Waals surface area contributed by atoms with E-state index in [4.69, 9.17) is 0 Å². The van der Waals surface area contributed by atoms with Crippen molar-refractivity contribution >= 4 is 28.1 Å². The number of benzene rings is 1. The summed E-state index contributed by atoms with van der Waals surface area (Å²) in [5.74, 6) is 0.969. The average Bonchev–Trinajstić information content (AvgIpc) is 2.93. The van der Waals surface area contributed by atoms with Gasteiger partial charge >= 0.3 is 0 Å². The third kappa shape index (κ3) is 2.31. The Kier molecular flexibility index (Phi) is 3.17. The zero-order chi connectivity index (χ0) is 13.2. The maximum atomic E-state index is 4.66. The summed E-state index contributed by atoms with van der Waals surface area (Å²) >= 11 is 1.66. The molecule has 1 N–H and O–H groups in total. The van der Waals surface area contributed by atoms with E-state index in [0.29, 0.717) is 0 Å². The van der Waals surface area contributed by atoms with E-state index >= 15 is 0 Å². The number of nitrogens with one attached hydrogen (secondary N) is 1. The lowest BCUT2D eigenvalue weighted by Crippen LogP contribution is -2.01. The largest absolute Gasteiger partial charge is 0.370 e. The lowest BCUT2D eigenvalue weighted by Gasteiger charge is -2.08. The van der Waals surface area contributed by atoms with Crippen LogP contribution >= 0.6 is 11.3 Å². The minimum atomic E-state index is 0.885. The summed E-state index contributed by atoms with van der Waals surface area (Å²) in [5, 5.41) is 7.50. The Morgan fingerprint density at radius 2 is 2.16 bits per heavy atom. The Bertz CT molecular complexity index is 705. The lowest BCUT2D eigenvalue weighted by atomic mass is 10.1.